The molecule has 0 spiro atoms. The largest absolute Gasteiger partial charge is 0.452 e. The second-order valence-electron chi connectivity index (χ2n) is 5.77. The van der Waals surface area contributed by atoms with Crippen molar-refractivity contribution < 1.29 is 14.3 Å². The molecule has 0 aliphatic carbocycles. The summed E-state index contributed by atoms with van der Waals surface area (Å²) in [5.41, 5.74) is 1.31. The first-order valence-corrected chi connectivity index (χ1v) is 7.82. The molecule has 0 unspecified atom stereocenters. The van der Waals surface area contributed by atoms with Crippen LogP contribution in [0.4, 0.5) is 5.69 Å². The summed E-state index contributed by atoms with van der Waals surface area (Å²) in [6.45, 7) is 1.57. The number of benzene rings is 1. The number of pyridine rings is 1. The topological polar surface area (TPSA) is 79.5 Å². The van der Waals surface area contributed by atoms with Crippen molar-refractivity contribution in [1.29, 1.82) is 0 Å². The fraction of sp³-hybridized carbons (Fsp3) is 0.278. The summed E-state index contributed by atoms with van der Waals surface area (Å²) in [5.74, 6) is -1.10. The van der Waals surface area contributed by atoms with Crippen LogP contribution in [0.3, 0.4) is 0 Å². The van der Waals surface area contributed by atoms with E-state index in [1.807, 2.05) is 31.2 Å². The standard InChI is InChI=1S/C18H18N2O4/c1-12-8-9-13-5-2-3-7-15(13)20(12)16(21)11-24-18(23)14-6-4-10-19-17(14)22/h2-7,10,12H,8-9,11H2,1H3,(H,19,22)/t12-/m0/s1. The molecule has 1 aliphatic heterocycles. The average molecular weight is 326 g/mol. The second-order valence-corrected chi connectivity index (χ2v) is 5.77. The number of nitrogens with zero attached hydrogens (tertiary/aromatic N) is 1. The maximum absolute atomic E-state index is 12.6. The van der Waals surface area contributed by atoms with Crippen LogP contribution >= 0.6 is 0 Å². The molecule has 1 amide bonds. The molecule has 1 N–H and O–H groups in total. The Bertz CT molecular complexity index is 828. The van der Waals surface area contributed by atoms with Crippen LogP contribution in [0.15, 0.2) is 47.4 Å². The highest BCUT2D eigenvalue weighted by Crippen LogP contribution is 2.30. The maximum Gasteiger partial charge on any atom is 0.344 e. The van der Waals surface area contributed by atoms with Crippen molar-refractivity contribution >= 4 is 17.6 Å². The number of hydrogen-bond donors (Lipinski definition) is 1. The van der Waals surface area contributed by atoms with E-state index in [4.69, 9.17) is 4.74 Å². The van der Waals surface area contributed by atoms with Crippen LogP contribution in [0, 0.1) is 0 Å². The number of anilines is 1. The van der Waals surface area contributed by atoms with Crippen LogP contribution < -0.4 is 10.5 Å². The van der Waals surface area contributed by atoms with E-state index >= 15 is 0 Å². The third-order valence-electron chi connectivity index (χ3n) is 4.16. The highest BCUT2D eigenvalue weighted by Gasteiger charge is 2.28. The first-order chi connectivity index (χ1) is 11.6. The number of aryl methyl sites for hydroxylation is 1. The van der Waals surface area contributed by atoms with Gasteiger partial charge >= 0.3 is 5.97 Å². The Kier molecular flexibility index (Phi) is 4.46. The molecule has 0 saturated heterocycles. The van der Waals surface area contributed by atoms with Gasteiger partial charge in [-0.3, -0.25) is 9.59 Å². The predicted octanol–water partition coefficient (Wildman–Crippen LogP) is 1.90. The fourth-order valence-corrected chi connectivity index (χ4v) is 2.93. The van der Waals surface area contributed by atoms with Gasteiger partial charge in [0.2, 0.25) is 0 Å². The van der Waals surface area contributed by atoms with Crippen molar-refractivity contribution in [2.24, 2.45) is 0 Å². The quantitative estimate of drug-likeness (QED) is 0.874. The van der Waals surface area contributed by atoms with Gasteiger partial charge in [-0.25, -0.2) is 4.79 Å². The Morgan fingerprint density at radius 1 is 1.25 bits per heavy atom. The van der Waals surface area contributed by atoms with Gasteiger partial charge in [-0.1, -0.05) is 18.2 Å². The number of aromatic amines is 1. The number of fused-ring (bicyclic) bond motifs is 1. The summed E-state index contributed by atoms with van der Waals surface area (Å²) in [6.07, 6.45) is 3.20. The van der Waals surface area contributed by atoms with Crippen LogP contribution in [0.5, 0.6) is 0 Å². The fourth-order valence-electron chi connectivity index (χ4n) is 2.93. The first kappa shape index (κ1) is 16.0. The summed E-state index contributed by atoms with van der Waals surface area (Å²) in [4.78, 5) is 40.2. The molecular formula is C18H18N2O4. The van der Waals surface area contributed by atoms with Crippen molar-refractivity contribution in [3.63, 3.8) is 0 Å². The lowest BCUT2D eigenvalue weighted by Gasteiger charge is -2.35. The van der Waals surface area contributed by atoms with Gasteiger partial charge in [0.1, 0.15) is 5.56 Å². The average Bonchev–Trinajstić information content (AvgIpc) is 2.59. The van der Waals surface area contributed by atoms with Gasteiger partial charge in [0.15, 0.2) is 6.61 Å². The summed E-state index contributed by atoms with van der Waals surface area (Å²) in [7, 11) is 0. The molecule has 2 aromatic rings. The number of H-pyrrole nitrogens is 1. The lowest BCUT2D eigenvalue weighted by Crippen LogP contribution is -2.44. The smallest absolute Gasteiger partial charge is 0.344 e. The highest BCUT2D eigenvalue weighted by atomic mass is 16.5. The van der Waals surface area contributed by atoms with E-state index in [2.05, 4.69) is 4.98 Å². The minimum atomic E-state index is -0.803. The molecule has 6 nitrogen and oxygen atoms in total. The van der Waals surface area contributed by atoms with Crippen LogP contribution in [0.2, 0.25) is 0 Å². The molecule has 6 heteroatoms. The van der Waals surface area contributed by atoms with Gasteiger partial charge in [0, 0.05) is 17.9 Å². The lowest BCUT2D eigenvalue weighted by atomic mass is 9.96. The van der Waals surface area contributed by atoms with E-state index in [9.17, 15) is 14.4 Å². The van der Waals surface area contributed by atoms with Crippen molar-refractivity contribution in [3.8, 4) is 0 Å². The van der Waals surface area contributed by atoms with E-state index in [0.717, 1.165) is 24.1 Å². The van der Waals surface area contributed by atoms with Gasteiger partial charge in [-0.15, -0.1) is 0 Å². The Hall–Kier alpha value is -2.89. The van der Waals surface area contributed by atoms with Crippen LogP contribution in [0.25, 0.3) is 0 Å². The Labute approximate surface area is 139 Å². The van der Waals surface area contributed by atoms with E-state index in [-0.39, 0.29) is 17.5 Å². The molecule has 0 saturated carbocycles. The molecule has 0 fully saturated rings. The zero-order valence-corrected chi connectivity index (χ0v) is 13.3. The van der Waals surface area contributed by atoms with E-state index < -0.39 is 18.1 Å². The third kappa shape index (κ3) is 3.08. The van der Waals surface area contributed by atoms with Crippen LogP contribution in [-0.4, -0.2) is 29.5 Å². The first-order valence-electron chi connectivity index (χ1n) is 7.82. The molecular weight excluding hydrogens is 308 g/mol. The van der Waals surface area contributed by atoms with E-state index in [0.29, 0.717) is 0 Å². The maximum atomic E-state index is 12.6. The van der Waals surface area contributed by atoms with Crippen molar-refractivity contribution in [2.45, 2.75) is 25.8 Å². The Balaban J connectivity index is 1.73. The molecule has 2 heterocycles. The molecule has 24 heavy (non-hydrogen) atoms. The number of rotatable bonds is 3. The second kappa shape index (κ2) is 6.70. The molecule has 1 atom stereocenters. The predicted molar refractivity (Wildman–Crippen MR) is 89.1 cm³/mol. The van der Waals surface area contributed by atoms with Gasteiger partial charge < -0.3 is 14.6 Å². The summed E-state index contributed by atoms with van der Waals surface area (Å²) < 4.78 is 5.04. The lowest BCUT2D eigenvalue weighted by molar-refractivity contribution is -0.122. The number of esters is 1. The molecule has 1 aromatic carbocycles. The number of amides is 1. The minimum absolute atomic E-state index is 0.0335. The molecule has 0 bridgehead atoms. The van der Waals surface area contributed by atoms with Crippen molar-refractivity contribution in [1.82, 2.24) is 4.98 Å². The van der Waals surface area contributed by atoms with Crippen molar-refractivity contribution in [3.05, 3.63) is 64.1 Å². The summed E-state index contributed by atoms with van der Waals surface area (Å²) >= 11 is 0. The minimum Gasteiger partial charge on any atom is -0.452 e. The van der Waals surface area contributed by atoms with Gasteiger partial charge in [0.05, 0.1) is 0 Å². The normalized spacial score (nSPS) is 16.4. The van der Waals surface area contributed by atoms with Gasteiger partial charge in [-0.2, -0.15) is 0 Å². The third-order valence-corrected chi connectivity index (χ3v) is 4.16. The summed E-state index contributed by atoms with van der Waals surface area (Å²) in [5, 5.41) is 0. The number of ether oxygens (including phenoxy) is 1. The van der Waals surface area contributed by atoms with Crippen LogP contribution in [0.1, 0.15) is 29.3 Å². The molecule has 3 rings (SSSR count). The molecule has 1 aliphatic rings. The highest BCUT2D eigenvalue weighted by molar-refractivity contribution is 5.98. The number of hydrogen-bond acceptors (Lipinski definition) is 4. The molecule has 124 valence electrons. The van der Waals surface area contributed by atoms with Gasteiger partial charge in [0.25, 0.3) is 11.5 Å². The number of carbonyl (C=O) groups is 2. The number of para-hydroxylation sites is 1. The molecule has 0 radical (unpaired) electrons. The Morgan fingerprint density at radius 2 is 2.04 bits per heavy atom. The zero-order chi connectivity index (χ0) is 17.1. The Morgan fingerprint density at radius 3 is 2.83 bits per heavy atom. The number of nitrogens with one attached hydrogen (secondary N) is 1. The van der Waals surface area contributed by atoms with Crippen molar-refractivity contribution in [2.75, 3.05) is 11.5 Å². The van der Waals surface area contributed by atoms with Gasteiger partial charge in [-0.05, 0) is 43.5 Å². The zero-order valence-electron chi connectivity index (χ0n) is 13.3. The van der Waals surface area contributed by atoms with Crippen LogP contribution in [-0.2, 0) is 16.0 Å². The number of aromatic nitrogens is 1. The van der Waals surface area contributed by atoms with E-state index in [1.165, 1.54) is 18.3 Å². The monoisotopic (exact) mass is 326 g/mol. The summed E-state index contributed by atoms with van der Waals surface area (Å²) in [6, 6.07) is 10.6. The molecule has 1 aromatic heterocycles. The van der Waals surface area contributed by atoms with E-state index in [1.54, 1.807) is 4.90 Å². The number of carbonyl (C=O) groups excluding carboxylic acids is 2. The SMILES string of the molecule is C[C@H]1CCc2ccccc2N1C(=O)COC(=O)c1ccc[nH]c1=O.